The van der Waals surface area contributed by atoms with E-state index in [0.717, 1.165) is 31.6 Å². The highest BCUT2D eigenvalue weighted by molar-refractivity contribution is 6.31. The summed E-state index contributed by atoms with van der Waals surface area (Å²) in [6.07, 6.45) is 1.14. The smallest absolute Gasteiger partial charge is 0.124 e. The summed E-state index contributed by atoms with van der Waals surface area (Å²) in [6, 6.07) is 4.48. The van der Waals surface area contributed by atoms with Crippen molar-refractivity contribution in [1.82, 2.24) is 10.6 Å². The summed E-state index contributed by atoms with van der Waals surface area (Å²) in [5.41, 5.74) is 0.929. The summed E-state index contributed by atoms with van der Waals surface area (Å²) < 4.78 is 12.8. The van der Waals surface area contributed by atoms with E-state index in [1.165, 1.54) is 12.1 Å². The first-order chi connectivity index (χ1) is 7.74. The van der Waals surface area contributed by atoms with E-state index in [-0.39, 0.29) is 5.82 Å². The quantitative estimate of drug-likeness (QED) is 0.721. The van der Waals surface area contributed by atoms with Gasteiger partial charge in [-0.05, 0) is 30.7 Å². The van der Waals surface area contributed by atoms with E-state index < -0.39 is 0 Å². The second kappa shape index (κ2) is 7.60. The Hall–Kier alpha value is -0.640. The summed E-state index contributed by atoms with van der Waals surface area (Å²) in [6.45, 7) is 5.67. The highest BCUT2D eigenvalue weighted by Crippen LogP contribution is 2.16. The van der Waals surface area contributed by atoms with Gasteiger partial charge in [-0.25, -0.2) is 4.39 Å². The van der Waals surface area contributed by atoms with Gasteiger partial charge in [0.1, 0.15) is 5.82 Å². The molecule has 0 spiro atoms. The molecule has 0 saturated heterocycles. The van der Waals surface area contributed by atoms with Gasteiger partial charge in [0.15, 0.2) is 0 Å². The molecule has 4 heteroatoms. The van der Waals surface area contributed by atoms with Crippen molar-refractivity contribution in [2.75, 3.05) is 19.6 Å². The molecule has 0 bridgehead atoms. The minimum Gasteiger partial charge on any atom is -0.315 e. The zero-order valence-corrected chi connectivity index (χ0v) is 10.3. The van der Waals surface area contributed by atoms with Gasteiger partial charge in [0.25, 0.3) is 0 Å². The van der Waals surface area contributed by atoms with Gasteiger partial charge < -0.3 is 10.6 Å². The van der Waals surface area contributed by atoms with Gasteiger partial charge in [-0.2, -0.15) is 0 Å². The van der Waals surface area contributed by atoms with Crippen LogP contribution in [0.5, 0.6) is 0 Å². The van der Waals surface area contributed by atoms with E-state index in [0.29, 0.717) is 11.6 Å². The molecule has 0 heterocycles. The molecule has 0 saturated carbocycles. The molecule has 0 fully saturated rings. The summed E-state index contributed by atoms with van der Waals surface area (Å²) in [5, 5.41) is 7.02. The van der Waals surface area contributed by atoms with Crippen molar-refractivity contribution in [2.24, 2.45) is 0 Å². The third-order valence-corrected chi connectivity index (χ3v) is 2.59. The summed E-state index contributed by atoms with van der Waals surface area (Å²) in [7, 11) is 0. The van der Waals surface area contributed by atoms with Crippen LogP contribution in [0.3, 0.4) is 0 Å². The monoisotopic (exact) mass is 244 g/mol. The van der Waals surface area contributed by atoms with Crippen molar-refractivity contribution in [3.8, 4) is 0 Å². The molecule has 0 amide bonds. The topological polar surface area (TPSA) is 24.1 Å². The third kappa shape index (κ3) is 4.92. The Balaban J connectivity index is 2.21. The van der Waals surface area contributed by atoms with Gasteiger partial charge in [-0.15, -0.1) is 0 Å². The van der Waals surface area contributed by atoms with Crippen molar-refractivity contribution in [1.29, 1.82) is 0 Å². The van der Waals surface area contributed by atoms with Crippen LogP contribution in [0, 0.1) is 5.82 Å². The van der Waals surface area contributed by atoms with Crippen molar-refractivity contribution in [2.45, 2.75) is 19.9 Å². The highest BCUT2D eigenvalue weighted by atomic mass is 35.5. The van der Waals surface area contributed by atoms with Gasteiger partial charge in [0, 0.05) is 24.7 Å². The van der Waals surface area contributed by atoms with Crippen LogP contribution in [-0.2, 0) is 6.54 Å². The fourth-order valence-corrected chi connectivity index (χ4v) is 1.60. The molecule has 0 aromatic heterocycles. The predicted octanol–water partition coefficient (Wildman–Crippen LogP) is 2.57. The molecule has 0 aliphatic carbocycles. The first-order valence-corrected chi connectivity index (χ1v) is 5.97. The molecule has 1 aromatic rings. The lowest BCUT2D eigenvalue weighted by Gasteiger charge is -2.07. The Labute approximate surface area is 101 Å². The van der Waals surface area contributed by atoms with Crippen molar-refractivity contribution < 1.29 is 4.39 Å². The van der Waals surface area contributed by atoms with Gasteiger partial charge in [-0.3, -0.25) is 0 Å². The lowest BCUT2D eigenvalue weighted by atomic mass is 10.2. The Morgan fingerprint density at radius 1 is 1.19 bits per heavy atom. The highest BCUT2D eigenvalue weighted by Gasteiger charge is 2.00. The molecule has 0 radical (unpaired) electrons. The minimum absolute atomic E-state index is 0.293. The number of rotatable bonds is 7. The third-order valence-electron chi connectivity index (χ3n) is 2.24. The van der Waals surface area contributed by atoms with Crippen LogP contribution in [0.4, 0.5) is 4.39 Å². The van der Waals surface area contributed by atoms with Gasteiger partial charge in [0.2, 0.25) is 0 Å². The minimum atomic E-state index is -0.293. The first-order valence-electron chi connectivity index (χ1n) is 5.59. The summed E-state index contributed by atoms with van der Waals surface area (Å²) in [4.78, 5) is 0. The SMILES string of the molecule is CCCNCCNCc1ccc(F)cc1Cl. The van der Waals surface area contributed by atoms with E-state index in [9.17, 15) is 4.39 Å². The van der Waals surface area contributed by atoms with Crippen molar-refractivity contribution in [3.63, 3.8) is 0 Å². The van der Waals surface area contributed by atoms with Crippen LogP contribution < -0.4 is 10.6 Å². The standard InChI is InChI=1S/C12H18ClFN2/c1-2-5-15-6-7-16-9-10-3-4-11(14)8-12(10)13/h3-4,8,15-16H,2,5-7,9H2,1H3. The number of hydrogen-bond donors (Lipinski definition) is 2. The van der Waals surface area contributed by atoms with Gasteiger partial charge in [0.05, 0.1) is 0 Å². The second-order valence-corrected chi connectivity index (χ2v) is 4.07. The Kier molecular flexibility index (Phi) is 6.38. The van der Waals surface area contributed by atoms with E-state index in [2.05, 4.69) is 17.6 Å². The molecular weight excluding hydrogens is 227 g/mol. The van der Waals surface area contributed by atoms with Gasteiger partial charge in [-0.1, -0.05) is 24.6 Å². The molecule has 0 aliphatic rings. The number of halogens is 2. The average molecular weight is 245 g/mol. The molecule has 0 atom stereocenters. The lowest BCUT2D eigenvalue weighted by Crippen LogP contribution is -2.27. The molecule has 1 aromatic carbocycles. The lowest BCUT2D eigenvalue weighted by molar-refractivity contribution is 0.604. The van der Waals surface area contributed by atoms with E-state index in [1.807, 2.05) is 0 Å². The number of hydrogen-bond acceptors (Lipinski definition) is 2. The van der Waals surface area contributed by atoms with Crippen molar-refractivity contribution >= 4 is 11.6 Å². The number of nitrogens with one attached hydrogen (secondary N) is 2. The van der Waals surface area contributed by atoms with Crippen LogP contribution in [0.1, 0.15) is 18.9 Å². The molecule has 2 nitrogen and oxygen atoms in total. The maximum atomic E-state index is 12.8. The Morgan fingerprint density at radius 3 is 2.62 bits per heavy atom. The number of benzene rings is 1. The summed E-state index contributed by atoms with van der Waals surface area (Å²) >= 11 is 5.90. The zero-order valence-electron chi connectivity index (χ0n) is 9.52. The maximum Gasteiger partial charge on any atom is 0.124 e. The molecular formula is C12H18ClFN2. The molecule has 0 aliphatic heterocycles. The van der Waals surface area contributed by atoms with E-state index >= 15 is 0 Å². The molecule has 90 valence electrons. The predicted molar refractivity (Wildman–Crippen MR) is 66.3 cm³/mol. The van der Waals surface area contributed by atoms with Crippen LogP contribution in [0.2, 0.25) is 5.02 Å². The first kappa shape index (κ1) is 13.4. The van der Waals surface area contributed by atoms with E-state index in [4.69, 9.17) is 11.6 Å². The van der Waals surface area contributed by atoms with E-state index in [1.54, 1.807) is 6.07 Å². The Morgan fingerprint density at radius 2 is 1.94 bits per heavy atom. The fraction of sp³-hybridized carbons (Fsp3) is 0.500. The van der Waals surface area contributed by atoms with Crippen LogP contribution in [0.15, 0.2) is 18.2 Å². The fourth-order valence-electron chi connectivity index (χ4n) is 1.37. The molecule has 1 rings (SSSR count). The molecule has 2 N–H and O–H groups in total. The molecule has 0 unspecified atom stereocenters. The van der Waals surface area contributed by atoms with Crippen molar-refractivity contribution in [3.05, 3.63) is 34.6 Å². The second-order valence-electron chi connectivity index (χ2n) is 3.66. The Bertz CT molecular complexity index is 318. The van der Waals surface area contributed by atoms with Crippen LogP contribution in [0.25, 0.3) is 0 Å². The molecule has 16 heavy (non-hydrogen) atoms. The maximum absolute atomic E-state index is 12.8. The summed E-state index contributed by atoms with van der Waals surface area (Å²) in [5.74, 6) is -0.293. The largest absolute Gasteiger partial charge is 0.315 e. The van der Waals surface area contributed by atoms with Gasteiger partial charge >= 0.3 is 0 Å². The van der Waals surface area contributed by atoms with Crippen LogP contribution in [-0.4, -0.2) is 19.6 Å². The average Bonchev–Trinajstić information content (AvgIpc) is 2.26. The normalized spacial score (nSPS) is 10.7. The van der Waals surface area contributed by atoms with Crippen LogP contribution >= 0.6 is 11.6 Å². The zero-order chi connectivity index (χ0) is 11.8.